The summed E-state index contributed by atoms with van der Waals surface area (Å²) in [4.78, 5) is 0. The highest BCUT2D eigenvalue weighted by atomic mass is 15.3. The van der Waals surface area contributed by atoms with Gasteiger partial charge in [0.1, 0.15) is 0 Å². The maximum Gasteiger partial charge on any atom is 0.0690 e. The number of para-hydroxylation sites is 1. The van der Waals surface area contributed by atoms with Crippen molar-refractivity contribution in [2.45, 2.75) is 13.5 Å². The van der Waals surface area contributed by atoms with Crippen molar-refractivity contribution in [3.05, 3.63) is 48.3 Å². The van der Waals surface area contributed by atoms with Crippen molar-refractivity contribution in [1.29, 1.82) is 0 Å². The van der Waals surface area contributed by atoms with Crippen LogP contribution in [0.25, 0.3) is 5.69 Å². The Morgan fingerprint density at radius 1 is 1.27 bits per heavy atom. The van der Waals surface area contributed by atoms with Crippen LogP contribution in [-0.2, 0) is 6.54 Å². The molecule has 0 radical (unpaired) electrons. The zero-order chi connectivity index (χ0) is 10.5. The molecule has 0 fully saturated rings. The van der Waals surface area contributed by atoms with Crippen LogP contribution in [0.15, 0.2) is 42.7 Å². The van der Waals surface area contributed by atoms with Crippen molar-refractivity contribution in [1.82, 2.24) is 15.1 Å². The number of rotatable bonds is 4. The highest BCUT2D eigenvalue weighted by molar-refractivity contribution is 5.40. The molecule has 0 aliphatic carbocycles. The molecule has 3 heteroatoms. The maximum atomic E-state index is 4.24. The second-order valence-corrected chi connectivity index (χ2v) is 3.36. The van der Waals surface area contributed by atoms with Gasteiger partial charge in [0, 0.05) is 18.9 Å². The summed E-state index contributed by atoms with van der Waals surface area (Å²) in [6, 6.07) is 10.2. The van der Waals surface area contributed by atoms with E-state index < -0.39 is 0 Å². The molecule has 3 nitrogen and oxygen atoms in total. The first-order valence-corrected chi connectivity index (χ1v) is 5.20. The third-order valence-corrected chi connectivity index (χ3v) is 2.31. The van der Waals surface area contributed by atoms with Crippen LogP contribution in [-0.4, -0.2) is 16.3 Å². The molecular weight excluding hydrogens is 186 g/mol. The summed E-state index contributed by atoms with van der Waals surface area (Å²) in [5, 5.41) is 7.57. The Morgan fingerprint density at radius 2 is 2.13 bits per heavy atom. The minimum atomic E-state index is 0.881. The fourth-order valence-electron chi connectivity index (χ4n) is 1.55. The Morgan fingerprint density at radius 3 is 2.87 bits per heavy atom. The van der Waals surface area contributed by atoms with Crippen molar-refractivity contribution < 1.29 is 0 Å². The summed E-state index contributed by atoms with van der Waals surface area (Å²) in [5.41, 5.74) is 2.41. The summed E-state index contributed by atoms with van der Waals surface area (Å²) in [5.74, 6) is 0. The molecule has 0 aliphatic heterocycles. The summed E-state index contributed by atoms with van der Waals surface area (Å²) in [6.07, 6.45) is 3.76. The second-order valence-electron chi connectivity index (χ2n) is 3.36. The summed E-state index contributed by atoms with van der Waals surface area (Å²) < 4.78 is 1.90. The molecule has 15 heavy (non-hydrogen) atoms. The number of aromatic nitrogens is 2. The van der Waals surface area contributed by atoms with Crippen LogP contribution < -0.4 is 5.32 Å². The largest absolute Gasteiger partial charge is 0.313 e. The highest BCUT2D eigenvalue weighted by Gasteiger charge is 2.02. The van der Waals surface area contributed by atoms with Crippen LogP contribution in [0.1, 0.15) is 12.5 Å². The topological polar surface area (TPSA) is 29.9 Å². The predicted molar refractivity (Wildman–Crippen MR) is 60.9 cm³/mol. The Kier molecular flexibility index (Phi) is 3.15. The minimum absolute atomic E-state index is 0.881. The average Bonchev–Trinajstić information content (AvgIpc) is 2.80. The molecule has 0 atom stereocenters. The molecule has 2 rings (SSSR count). The molecule has 0 bridgehead atoms. The Bertz CT molecular complexity index is 407. The Hall–Kier alpha value is -1.61. The van der Waals surface area contributed by atoms with Crippen molar-refractivity contribution in [3.63, 3.8) is 0 Å². The summed E-state index contributed by atoms with van der Waals surface area (Å²) in [6.45, 7) is 3.97. The Labute approximate surface area is 89.7 Å². The van der Waals surface area contributed by atoms with Crippen molar-refractivity contribution in [2.75, 3.05) is 6.54 Å². The summed E-state index contributed by atoms with van der Waals surface area (Å²) >= 11 is 0. The molecule has 1 N–H and O–H groups in total. The number of hydrogen-bond donors (Lipinski definition) is 1. The third-order valence-electron chi connectivity index (χ3n) is 2.31. The van der Waals surface area contributed by atoms with Crippen LogP contribution in [0.3, 0.4) is 0 Å². The van der Waals surface area contributed by atoms with Gasteiger partial charge in [-0.15, -0.1) is 0 Å². The van der Waals surface area contributed by atoms with Crippen LogP contribution in [0.2, 0.25) is 0 Å². The van der Waals surface area contributed by atoms with Crippen LogP contribution >= 0.6 is 0 Å². The van der Waals surface area contributed by atoms with Crippen molar-refractivity contribution in [2.24, 2.45) is 0 Å². The van der Waals surface area contributed by atoms with Crippen LogP contribution in [0, 0.1) is 0 Å². The molecule has 0 unspecified atom stereocenters. The molecule has 0 spiro atoms. The molecule has 0 amide bonds. The lowest BCUT2D eigenvalue weighted by Crippen LogP contribution is -2.13. The van der Waals surface area contributed by atoms with E-state index in [1.54, 1.807) is 6.20 Å². The first-order valence-electron chi connectivity index (χ1n) is 5.20. The van der Waals surface area contributed by atoms with Gasteiger partial charge in [0.15, 0.2) is 0 Å². The minimum Gasteiger partial charge on any atom is -0.313 e. The molecule has 0 aliphatic rings. The van der Waals surface area contributed by atoms with Crippen molar-refractivity contribution >= 4 is 0 Å². The quantitative estimate of drug-likeness (QED) is 0.819. The van der Waals surface area contributed by atoms with Gasteiger partial charge in [0.25, 0.3) is 0 Å². The van der Waals surface area contributed by atoms with Gasteiger partial charge < -0.3 is 5.32 Å². The molecule has 0 saturated carbocycles. The van der Waals surface area contributed by atoms with Gasteiger partial charge in [0.05, 0.1) is 5.69 Å². The smallest absolute Gasteiger partial charge is 0.0690 e. The molecule has 1 aromatic heterocycles. The van der Waals surface area contributed by atoms with Crippen molar-refractivity contribution in [3.8, 4) is 5.69 Å². The van der Waals surface area contributed by atoms with E-state index in [4.69, 9.17) is 0 Å². The fraction of sp³-hybridized carbons (Fsp3) is 0.250. The van der Waals surface area contributed by atoms with Gasteiger partial charge in [-0.1, -0.05) is 25.1 Å². The molecular formula is C12H15N3. The lowest BCUT2D eigenvalue weighted by Gasteiger charge is -2.09. The lowest BCUT2D eigenvalue weighted by molar-refractivity contribution is 0.717. The van der Waals surface area contributed by atoms with Gasteiger partial charge in [-0.25, -0.2) is 4.68 Å². The van der Waals surface area contributed by atoms with E-state index in [2.05, 4.69) is 35.5 Å². The van der Waals surface area contributed by atoms with E-state index in [-0.39, 0.29) is 0 Å². The molecule has 1 aromatic carbocycles. The van der Waals surface area contributed by atoms with E-state index in [0.29, 0.717) is 0 Å². The standard InChI is InChI=1S/C12H15N3/c1-2-13-10-11-6-3-4-7-12(11)15-9-5-8-14-15/h3-9,13H,2,10H2,1H3. The fourth-order valence-corrected chi connectivity index (χ4v) is 1.55. The van der Waals surface area contributed by atoms with E-state index >= 15 is 0 Å². The summed E-state index contributed by atoms with van der Waals surface area (Å²) in [7, 11) is 0. The van der Waals surface area contributed by atoms with Gasteiger partial charge in [-0.05, 0) is 24.2 Å². The van der Waals surface area contributed by atoms with E-state index in [1.807, 2.05) is 23.0 Å². The number of nitrogens with one attached hydrogen (secondary N) is 1. The van der Waals surface area contributed by atoms with Crippen LogP contribution in [0.4, 0.5) is 0 Å². The lowest BCUT2D eigenvalue weighted by atomic mass is 10.2. The highest BCUT2D eigenvalue weighted by Crippen LogP contribution is 2.12. The monoisotopic (exact) mass is 201 g/mol. The van der Waals surface area contributed by atoms with E-state index in [1.165, 1.54) is 5.56 Å². The number of nitrogens with zero attached hydrogens (tertiary/aromatic N) is 2. The SMILES string of the molecule is CCNCc1ccccc1-n1cccn1. The predicted octanol–water partition coefficient (Wildman–Crippen LogP) is 1.98. The normalized spacial score (nSPS) is 10.5. The second kappa shape index (κ2) is 4.75. The van der Waals surface area contributed by atoms with E-state index in [9.17, 15) is 0 Å². The molecule has 78 valence electrons. The number of hydrogen-bond acceptors (Lipinski definition) is 2. The first-order chi connectivity index (χ1) is 7.42. The van der Waals surface area contributed by atoms with Gasteiger partial charge >= 0.3 is 0 Å². The van der Waals surface area contributed by atoms with Crippen LogP contribution in [0.5, 0.6) is 0 Å². The zero-order valence-electron chi connectivity index (χ0n) is 8.85. The van der Waals surface area contributed by atoms with Gasteiger partial charge in [0.2, 0.25) is 0 Å². The molecule has 1 heterocycles. The zero-order valence-corrected chi connectivity index (χ0v) is 8.85. The number of benzene rings is 1. The van der Waals surface area contributed by atoms with E-state index in [0.717, 1.165) is 18.8 Å². The van der Waals surface area contributed by atoms with Gasteiger partial charge in [-0.3, -0.25) is 0 Å². The first kappa shape index (κ1) is 9.93. The average molecular weight is 201 g/mol. The maximum absolute atomic E-state index is 4.24. The Balaban J connectivity index is 2.30. The van der Waals surface area contributed by atoms with Gasteiger partial charge in [-0.2, -0.15) is 5.10 Å². The molecule has 2 aromatic rings. The molecule has 0 saturated heterocycles. The third kappa shape index (κ3) is 2.25.